The normalized spacial score (nSPS) is 13.2. The third kappa shape index (κ3) is 26.9. The first-order valence-corrected chi connectivity index (χ1v) is 23.4. The highest BCUT2D eigenvalue weighted by Crippen LogP contribution is 2.16. The monoisotopic (exact) mass is 860 g/mol. The number of rotatable bonds is 34. The minimum Gasteiger partial charge on any atom is -0.481 e. The van der Waals surface area contributed by atoms with E-state index in [-0.39, 0.29) is 38.1 Å². The van der Waals surface area contributed by atoms with Crippen LogP contribution in [0.2, 0.25) is 0 Å². The van der Waals surface area contributed by atoms with Gasteiger partial charge in [-0.2, -0.15) is 16.8 Å². The van der Waals surface area contributed by atoms with Crippen molar-refractivity contribution in [1.82, 2.24) is 16.0 Å². The number of carbonyl (C=O) groups is 6. The number of amides is 4. The second-order valence-corrected chi connectivity index (χ2v) is 17.9. The molecule has 1 aromatic rings. The van der Waals surface area contributed by atoms with E-state index in [0.29, 0.717) is 24.8 Å². The highest BCUT2D eigenvalue weighted by Gasteiger charge is 2.34. The van der Waals surface area contributed by atoms with Gasteiger partial charge in [-0.25, -0.2) is 0 Å². The lowest BCUT2D eigenvalue weighted by molar-refractivity contribution is -0.137. The van der Waals surface area contributed by atoms with Gasteiger partial charge in [-0.3, -0.25) is 37.9 Å². The Hall–Kier alpha value is -3.94. The fourth-order valence-electron chi connectivity index (χ4n) is 6.30. The molecule has 0 saturated heterocycles. The summed E-state index contributed by atoms with van der Waals surface area (Å²) < 4.78 is 66.1. The Labute approximate surface area is 342 Å². The maximum absolute atomic E-state index is 13.2. The van der Waals surface area contributed by atoms with Gasteiger partial charge in [-0.15, -0.1) is 0 Å². The molecular formula is C39H64N4O13S2. The van der Waals surface area contributed by atoms with Crippen molar-refractivity contribution in [2.45, 2.75) is 147 Å². The third-order valence-corrected chi connectivity index (χ3v) is 11.1. The molecule has 3 atom stereocenters. The van der Waals surface area contributed by atoms with E-state index >= 15 is 0 Å². The summed E-state index contributed by atoms with van der Waals surface area (Å²) in [6, 6.07) is 3.77. The Bertz CT molecular complexity index is 1670. The van der Waals surface area contributed by atoms with Gasteiger partial charge in [0.1, 0.15) is 17.8 Å². The number of unbranched alkanes of at least 4 members (excludes halogenated alkanes) is 14. The zero-order valence-electron chi connectivity index (χ0n) is 33.6. The van der Waals surface area contributed by atoms with Crippen LogP contribution in [0.5, 0.6) is 0 Å². The molecular weight excluding hydrogens is 797 g/mol. The Balaban J connectivity index is 2.58. The van der Waals surface area contributed by atoms with Crippen LogP contribution >= 0.6 is 0 Å². The van der Waals surface area contributed by atoms with Gasteiger partial charge in [-0.1, -0.05) is 94.7 Å². The van der Waals surface area contributed by atoms with Gasteiger partial charge in [-0.05, 0) is 51.2 Å². The highest BCUT2D eigenvalue weighted by molar-refractivity contribution is 7.86. The van der Waals surface area contributed by atoms with Gasteiger partial charge >= 0.3 is 5.97 Å². The molecule has 0 aliphatic carbocycles. The molecule has 0 aromatic heterocycles. The smallest absolute Gasteiger partial charge is 0.303 e. The quantitative estimate of drug-likeness (QED) is 0.0381. The van der Waals surface area contributed by atoms with Gasteiger partial charge in [0.15, 0.2) is 5.78 Å². The number of aryl methyl sites for hydroxylation is 1. The second-order valence-electron chi connectivity index (χ2n) is 14.9. The molecule has 0 aliphatic heterocycles. The number of ketones is 1. The highest BCUT2D eigenvalue weighted by atomic mass is 32.2. The Morgan fingerprint density at radius 2 is 1.12 bits per heavy atom. The largest absolute Gasteiger partial charge is 0.481 e. The number of nitrogens with two attached hydrogens (primary N) is 1. The molecule has 1 rings (SSSR count). The fraction of sp³-hybridized carbons (Fsp3) is 0.692. The summed E-state index contributed by atoms with van der Waals surface area (Å²) >= 11 is 0. The SMILES string of the molecule is Cc1ccc(C(=O)NCCCCC(NC(=O)C(CC(=O)C(CS(=O)(=O)O)NC(=O)CCCCCCCCCCCCCCCCC(=O)O)CS(=O)(=O)O)C(N)=O)cc1. The summed E-state index contributed by atoms with van der Waals surface area (Å²) in [7, 11) is -9.72. The minimum absolute atomic E-state index is 0.0175. The van der Waals surface area contributed by atoms with E-state index in [1.807, 2.05) is 6.92 Å². The van der Waals surface area contributed by atoms with Crippen LogP contribution in [0.25, 0.3) is 0 Å². The summed E-state index contributed by atoms with van der Waals surface area (Å²) in [5.74, 6) is -9.31. The molecule has 0 radical (unpaired) electrons. The predicted molar refractivity (Wildman–Crippen MR) is 218 cm³/mol. The van der Waals surface area contributed by atoms with Crippen molar-refractivity contribution in [3.63, 3.8) is 0 Å². The maximum atomic E-state index is 13.2. The van der Waals surface area contributed by atoms with Crippen molar-refractivity contribution >= 4 is 55.6 Å². The summed E-state index contributed by atoms with van der Waals surface area (Å²) in [5.41, 5.74) is 6.90. The zero-order valence-corrected chi connectivity index (χ0v) is 35.3. The van der Waals surface area contributed by atoms with Gasteiger partial charge in [0, 0.05) is 31.4 Å². The standard InChI is InChI=1S/C39H64N4O13S2/c1-29-21-23-30(24-22-29)38(49)41-25-17-16-18-32(37(40)48)43-39(50)31(27-57(51,52)53)26-34(44)33(28-58(54,55)56)42-35(45)19-14-12-10-8-6-4-2-3-5-7-9-11-13-15-20-36(46)47/h21-24,31-33H,2-20,25-28H2,1H3,(H2,40,48)(H,41,49)(H,42,45)(H,43,50)(H,46,47)(H,51,52,53)(H,54,55,56). The minimum atomic E-state index is -4.89. The number of benzene rings is 1. The molecule has 330 valence electrons. The molecule has 58 heavy (non-hydrogen) atoms. The molecule has 0 aliphatic rings. The average Bonchev–Trinajstić information content (AvgIpc) is 3.12. The van der Waals surface area contributed by atoms with Gasteiger partial charge in [0.05, 0.1) is 11.7 Å². The van der Waals surface area contributed by atoms with Crippen molar-refractivity contribution in [3.8, 4) is 0 Å². The first-order valence-electron chi connectivity index (χ1n) is 20.2. The summed E-state index contributed by atoms with van der Waals surface area (Å²) in [4.78, 5) is 74.1. The Morgan fingerprint density at radius 3 is 1.59 bits per heavy atom. The molecule has 17 nitrogen and oxygen atoms in total. The number of hydrogen-bond acceptors (Lipinski definition) is 10. The first-order chi connectivity index (χ1) is 27.3. The zero-order chi connectivity index (χ0) is 43.6. The Kier molecular flexibility index (Phi) is 25.6. The average molecular weight is 861 g/mol. The van der Waals surface area contributed by atoms with E-state index in [9.17, 15) is 54.7 Å². The lowest BCUT2D eigenvalue weighted by Crippen LogP contribution is -2.50. The molecule has 0 bridgehead atoms. The van der Waals surface area contributed by atoms with E-state index in [1.165, 1.54) is 0 Å². The molecule has 0 fully saturated rings. The molecule has 0 heterocycles. The van der Waals surface area contributed by atoms with Crippen LogP contribution in [0.3, 0.4) is 0 Å². The van der Waals surface area contributed by atoms with Crippen LogP contribution in [0, 0.1) is 12.8 Å². The second kappa shape index (κ2) is 28.5. The number of carboxylic acid groups (broad SMARTS) is 1. The number of primary amides is 1. The molecule has 19 heteroatoms. The maximum Gasteiger partial charge on any atom is 0.303 e. The number of carboxylic acids is 1. The van der Waals surface area contributed by atoms with Crippen molar-refractivity contribution < 1.29 is 59.8 Å². The van der Waals surface area contributed by atoms with Crippen molar-refractivity contribution in [3.05, 3.63) is 35.4 Å². The van der Waals surface area contributed by atoms with Crippen LogP contribution in [0.1, 0.15) is 144 Å². The van der Waals surface area contributed by atoms with E-state index in [2.05, 4.69) is 16.0 Å². The van der Waals surface area contributed by atoms with E-state index < -0.39 is 85.6 Å². The van der Waals surface area contributed by atoms with Crippen molar-refractivity contribution in [2.75, 3.05) is 18.1 Å². The number of aliphatic carboxylic acids is 1. The summed E-state index contributed by atoms with van der Waals surface area (Å²) in [6.07, 6.45) is 13.4. The van der Waals surface area contributed by atoms with Crippen LogP contribution in [0.4, 0.5) is 0 Å². The van der Waals surface area contributed by atoms with E-state index in [4.69, 9.17) is 10.8 Å². The molecule has 0 saturated carbocycles. The van der Waals surface area contributed by atoms with Crippen LogP contribution < -0.4 is 21.7 Å². The topological polar surface area (TPSA) is 293 Å². The number of carbonyl (C=O) groups excluding carboxylic acids is 5. The number of nitrogens with one attached hydrogen (secondary N) is 3. The van der Waals surface area contributed by atoms with Crippen LogP contribution in [0.15, 0.2) is 24.3 Å². The van der Waals surface area contributed by atoms with Crippen molar-refractivity contribution in [2.24, 2.45) is 11.7 Å². The van der Waals surface area contributed by atoms with Gasteiger partial charge in [0.25, 0.3) is 26.1 Å². The lowest BCUT2D eigenvalue weighted by Gasteiger charge is -2.22. The van der Waals surface area contributed by atoms with Gasteiger partial charge in [0.2, 0.25) is 17.7 Å². The molecule has 4 amide bonds. The lowest BCUT2D eigenvalue weighted by atomic mass is 9.98. The molecule has 0 spiro atoms. The third-order valence-electron chi connectivity index (χ3n) is 9.55. The first kappa shape index (κ1) is 52.1. The summed E-state index contributed by atoms with van der Waals surface area (Å²) in [6.45, 7) is 2.12. The van der Waals surface area contributed by atoms with Crippen LogP contribution in [-0.2, 0) is 44.2 Å². The molecule has 3 unspecified atom stereocenters. The van der Waals surface area contributed by atoms with E-state index in [0.717, 1.165) is 82.6 Å². The number of hydrogen-bond donors (Lipinski definition) is 7. The molecule has 8 N–H and O–H groups in total. The van der Waals surface area contributed by atoms with Crippen molar-refractivity contribution in [1.29, 1.82) is 0 Å². The van der Waals surface area contributed by atoms with E-state index in [1.54, 1.807) is 24.3 Å². The number of Topliss-reactive ketones (excluding diaryl/α,β-unsaturated/α-hetero) is 1. The summed E-state index contributed by atoms with van der Waals surface area (Å²) in [5, 5.41) is 15.9. The fourth-order valence-corrected chi connectivity index (χ4v) is 7.77. The predicted octanol–water partition coefficient (Wildman–Crippen LogP) is 4.03. The van der Waals surface area contributed by atoms with Gasteiger partial charge < -0.3 is 26.8 Å². The molecule has 1 aromatic carbocycles. The van der Waals surface area contributed by atoms with Crippen LogP contribution in [-0.4, -0.2) is 96.6 Å². The Morgan fingerprint density at radius 1 is 0.638 bits per heavy atom.